The van der Waals surface area contributed by atoms with Crippen LogP contribution in [0.4, 0.5) is 0 Å². The lowest BCUT2D eigenvalue weighted by molar-refractivity contribution is -0.458. The van der Waals surface area contributed by atoms with Crippen molar-refractivity contribution in [1.82, 2.24) is 9.55 Å². The molecule has 0 aliphatic carbocycles. The van der Waals surface area contributed by atoms with E-state index in [0.29, 0.717) is 17.9 Å². The summed E-state index contributed by atoms with van der Waals surface area (Å²) < 4.78 is 14.7. The van der Waals surface area contributed by atoms with Gasteiger partial charge in [0, 0.05) is 35.8 Å². The Hall–Kier alpha value is -3.67. The summed E-state index contributed by atoms with van der Waals surface area (Å²) in [5.41, 5.74) is 3.60. The van der Waals surface area contributed by atoms with E-state index in [1.807, 2.05) is 70.1 Å². The first-order chi connectivity index (χ1) is 14.2. The molecule has 2 aliphatic rings. The number of fused-ring (bicyclic) bond motifs is 2. The zero-order valence-corrected chi connectivity index (χ0v) is 16.2. The molecular weight excluding hydrogens is 366 g/mol. The lowest BCUT2D eigenvalue weighted by Crippen LogP contribution is -2.28. The molecule has 0 fully saturated rings. The Morgan fingerprint density at radius 2 is 1.93 bits per heavy atom. The lowest BCUT2D eigenvalue weighted by Gasteiger charge is -2.15. The number of amides is 1. The molecule has 0 N–H and O–H groups in total. The third kappa shape index (κ3) is 2.68. The fraction of sp³-hybridized carbons (Fsp3) is 0.174. The molecule has 2 aromatic carbocycles. The number of methoxy groups -OCH3 is 2. The van der Waals surface area contributed by atoms with Gasteiger partial charge in [-0.2, -0.15) is 0 Å². The van der Waals surface area contributed by atoms with Gasteiger partial charge in [-0.05, 0) is 24.3 Å². The first-order valence-corrected chi connectivity index (χ1v) is 9.41. The Morgan fingerprint density at radius 3 is 2.76 bits per heavy atom. The summed E-state index contributed by atoms with van der Waals surface area (Å²) in [7, 11) is 3.23. The predicted molar refractivity (Wildman–Crippen MR) is 109 cm³/mol. The maximum atomic E-state index is 13.4. The van der Waals surface area contributed by atoms with E-state index in [0.717, 1.165) is 28.2 Å². The highest BCUT2D eigenvalue weighted by atomic mass is 16.5. The van der Waals surface area contributed by atoms with Crippen LogP contribution in [0.25, 0.3) is 6.20 Å². The molecule has 3 heterocycles. The van der Waals surface area contributed by atoms with Gasteiger partial charge in [0.1, 0.15) is 11.4 Å². The number of rotatable bonds is 3. The quantitative estimate of drug-likeness (QED) is 0.648. The van der Waals surface area contributed by atoms with E-state index >= 15 is 0 Å². The van der Waals surface area contributed by atoms with E-state index in [4.69, 9.17) is 9.47 Å². The fourth-order valence-electron chi connectivity index (χ4n) is 4.13. The average molecular weight is 386 g/mol. The van der Waals surface area contributed by atoms with Crippen molar-refractivity contribution in [1.29, 1.82) is 0 Å². The SMILES string of the molecule is COc1ccc(C2c3ccccc3C(=O)[N+]2=C2C=Cn3ccnc3C2)cc1OC. The second-order valence-electron chi connectivity index (χ2n) is 7.01. The van der Waals surface area contributed by atoms with Crippen LogP contribution in [0, 0.1) is 0 Å². The Morgan fingerprint density at radius 1 is 1.10 bits per heavy atom. The topological polar surface area (TPSA) is 56.4 Å². The summed E-state index contributed by atoms with van der Waals surface area (Å²) in [6.07, 6.45) is 8.21. The molecule has 1 atom stereocenters. The van der Waals surface area contributed by atoms with Gasteiger partial charge >= 0.3 is 5.91 Å². The normalized spacial score (nSPS) is 19.8. The number of aromatic nitrogens is 2. The monoisotopic (exact) mass is 386 g/mol. The van der Waals surface area contributed by atoms with Crippen LogP contribution < -0.4 is 9.47 Å². The Labute approximate surface area is 168 Å². The number of carbonyl (C=O) groups is 1. The first-order valence-electron chi connectivity index (χ1n) is 9.41. The molecular formula is C23H20N3O3+. The standard InChI is InChI=1S/C23H20N3O3/c1-28-19-8-7-15(13-20(19)29-2)22-17-5-3-4-6-18(17)23(27)26(22)16-9-11-25-12-10-24-21(25)14-16/h3-13,22H,14H2,1-2H3/q+1. The van der Waals surface area contributed by atoms with Gasteiger partial charge < -0.3 is 14.0 Å². The van der Waals surface area contributed by atoms with Crippen molar-refractivity contribution < 1.29 is 18.8 Å². The highest BCUT2D eigenvalue weighted by Gasteiger charge is 2.45. The zero-order valence-electron chi connectivity index (χ0n) is 16.2. The van der Waals surface area contributed by atoms with Crippen molar-refractivity contribution >= 4 is 17.8 Å². The van der Waals surface area contributed by atoms with E-state index in [1.54, 1.807) is 20.4 Å². The molecule has 0 bridgehead atoms. The van der Waals surface area contributed by atoms with E-state index in [-0.39, 0.29) is 11.9 Å². The number of benzene rings is 2. The van der Waals surface area contributed by atoms with Gasteiger partial charge in [-0.15, -0.1) is 4.58 Å². The summed E-state index contributed by atoms with van der Waals surface area (Å²) in [5, 5.41) is 0. The Balaban J connectivity index is 1.71. The summed E-state index contributed by atoms with van der Waals surface area (Å²) in [6, 6.07) is 13.4. The molecule has 0 spiro atoms. The van der Waals surface area contributed by atoms with Crippen LogP contribution in [0.3, 0.4) is 0 Å². The minimum Gasteiger partial charge on any atom is -0.493 e. The van der Waals surface area contributed by atoms with Gasteiger partial charge in [-0.3, -0.25) is 0 Å². The van der Waals surface area contributed by atoms with Crippen molar-refractivity contribution in [3.05, 3.63) is 83.4 Å². The van der Waals surface area contributed by atoms with Crippen molar-refractivity contribution in [2.24, 2.45) is 0 Å². The van der Waals surface area contributed by atoms with Crippen LogP contribution in [0.5, 0.6) is 11.5 Å². The molecule has 1 aromatic heterocycles. The Bertz CT molecular complexity index is 1190. The van der Waals surface area contributed by atoms with Gasteiger partial charge in [0.15, 0.2) is 17.2 Å². The average Bonchev–Trinajstić information content (AvgIpc) is 3.35. The number of hydrogen-bond acceptors (Lipinski definition) is 4. The minimum absolute atomic E-state index is 0.0000380. The summed E-state index contributed by atoms with van der Waals surface area (Å²) in [5.74, 6) is 2.21. The number of allylic oxidation sites excluding steroid dienone is 1. The van der Waals surface area contributed by atoms with E-state index in [2.05, 4.69) is 4.98 Å². The number of carbonyl (C=O) groups excluding carboxylic acids is 1. The van der Waals surface area contributed by atoms with Crippen LogP contribution in [0.1, 0.15) is 33.4 Å². The number of hydrogen-bond donors (Lipinski definition) is 0. The van der Waals surface area contributed by atoms with Crippen molar-refractivity contribution in [3.8, 4) is 11.5 Å². The van der Waals surface area contributed by atoms with Crippen molar-refractivity contribution in [3.63, 3.8) is 0 Å². The van der Waals surface area contributed by atoms with Crippen molar-refractivity contribution in [2.75, 3.05) is 14.2 Å². The van der Waals surface area contributed by atoms with Crippen molar-refractivity contribution in [2.45, 2.75) is 12.5 Å². The molecule has 1 unspecified atom stereocenters. The Kier molecular flexibility index (Phi) is 4.05. The maximum Gasteiger partial charge on any atom is 0.421 e. The molecule has 5 rings (SSSR count). The highest BCUT2D eigenvalue weighted by Crippen LogP contribution is 2.39. The third-order valence-corrected chi connectivity index (χ3v) is 5.51. The van der Waals surface area contributed by atoms with E-state index in [9.17, 15) is 4.79 Å². The molecule has 6 nitrogen and oxygen atoms in total. The number of imidazole rings is 1. The van der Waals surface area contributed by atoms with E-state index in [1.165, 1.54) is 0 Å². The summed E-state index contributed by atoms with van der Waals surface area (Å²) in [6.45, 7) is 0. The van der Waals surface area contributed by atoms with Crippen LogP contribution >= 0.6 is 0 Å². The highest BCUT2D eigenvalue weighted by molar-refractivity contribution is 6.03. The molecule has 6 heteroatoms. The number of ether oxygens (including phenoxy) is 2. The molecule has 3 aromatic rings. The van der Waals surface area contributed by atoms with Crippen LogP contribution in [0.2, 0.25) is 0 Å². The molecule has 29 heavy (non-hydrogen) atoms. The summed E-state index contributed by atoms with van der Waals surface area (Å²) in [4.78, 5) is 17.8. The van der Waals surface area contributed by atoms with Crippen LogP contribution in [-0.4, -0.2) is 40.0 Å². The van der Waals surface area contributed by atoms with Gasteiger partial charge in [-0.1, -0.05) is 18.2 Å². The van der Waals surface area contributed by atoms with Gasteiger partial charge in [0.05, 0.1) is 20.6 Å². The van der Waals surface area contributed by atoms with Gasteiger partial charge in [0.25, 0.3) is 0 Å². The molecule has 1 amide bonds. The van der Waals surface area contributed by atoms with Crippen LogP contribution in [-0.2, 0) is 6.42 Å². The summed E-state index contributed by atoms with van der Waals surface area (Å²) >= 11 is 0. The maximum absolute atomic E-state index is 13.4. The van der Waals surface area contributed by atoms with Crippen LogP contribution in [0.15, 0.2) is 60.9 Å². The zero-order chi connectivity index (χ0) is 20.0. The largest absolute Gasteiger partial charge is 0.493 e. The smallest absolute Gasteiger partial charge is 0.421 e. The minimum atomic E-state index is -0.236. The van der Waals surface area contributed by atoms with Gasteiger partial charge in [-0.25, -0.2) is 9.78 Å². The molecule has 0 radical (unpaired) electrons. The third-order valence-electron chi connectivity index (χ3n) is 5.51. The molecule has 0 saturated heterocycles. The number of nitrogens with zero attached hydrogens (tertiary/aromatic N) is 3. The molecule has 2 aliphatic heterocycles. The molecule has 144 valence electrons. The fourth-order valence-corrected chi connectivity index (χ4v) is 4.13. The lowest BCUT2D eigenvalue weighted by atomic mass is 9.97. The second kappa shape index (κ2) is 6.74. The predicted octanol–water partition coefficient (Wildman–Crippen LogP) is 3.32. The molecule has 0 saturated carbocycles. The van der Waals surface area contributed by atoms with Gasteiger partial charge in [0.2, 0.25) is 6.04 Å². The second-order valence-corrected chi connectivity index (χ2v) is 7.01. The van der Waals surface area contributed by atoms with E-state index < -0.39 is 0 Å². The first kappa shape index (κ1) is 17.4.